The summed E-state index contributed by atoms with van der Waals surface area (Å²) >= 11 is 0. The van der Waals surface area contributed by atoms with Crippen LogP contribution in [0.2, 0.25) is 0 Å². The summed E-state index contributed by atoms with van der Waals surface area (Å²) in [4.78, 5) is 11.8. The number of ether oxygens (including phenoxy) is 1. The maximum absolute atomic E-state index is 11.8. The second kappa shape index (κ2) is 4.42. The minimum Gasteiger partial charge on any atom is -0.462 e. The van der Waals surface area contributed by atoms with Gasteiger partial charge in [0.25, 0.3) is 0 Å². The van der Waals surface area contributed by atoms with Crippen molar-refractivity contribution in [3.05, 3.63) is 11.1 Å². The maximum atomic E-state index is 11.8. The normalized spacial score (nSPS) is 35.2. The fraction of sp³-hybridized carbons (Fsp3) is 0.733. The fourth-order valence-corrected chi connectivity index (χ4v) is 3.65. The molecule has 0 aliphatic heterocycles. The van der Waals surface area contributed by atoms with Crippen molar-refractivity contribution < 1.29 is 9.53 Å². The molecule has 18 heavy (non-hydrogen) atoms. The molecule has 0 spiro atoms. The predicted octanol–water partition coefficient (Wildman–Crippen LogP) is 3.07. The zero-order chi connectivity index (χ0) is 13.5. The molecule has 3 unspecified atom stereocenters. The number of hydrogen-bond donors (Lipinski definition) is 0. The Kier molecular flexibility index (Phi) is 3.23. The van der Waals surface area contributed by atoms with Crippen LogP contribution < -0.4 is 0 Å². The molecule has 3 heteroatoms. The summed E-state index contributed by atoms with van der Waals surface area (Å²) in [5.74, 6) is 1.09. The average molecular weight is 247 g/mol. The monoisotopic (exact) mass is 247 g/mol. The lowest BCUT2D eigenvalue weighted by atomic mass is 9.67. The summed E-state index contributed by atoms with van der Waals surface area (Å²) < 4.78 is 4.98. The molecule has 2 saturated carbocycles. The Hall–Kier alpha value is -1.30. The summed E-state index contributed by atoms with van der Waals surface area (Å²) in [7, 11) is 0. The van der Waals surface area contributed by atoms with Crippen molar-refractivity contribution in [3.8, 4) is 6.07 Å². The maximum Gasteiger partial charge on any atom is 0.348 e. The van der Waals surface area contributed by atoms with Gasteiger partial charge in [0.05, 0.1) is 6.61 Å². The predicted molar refractivity (Wildman–Crippen MR) is 68.4 cm³/mol. The van der Waals surface area contributed by atoms with E-state index in [2.05, 4.69) is 26.8 Å². The SMILES string of the molecule is CCOC(=O)/C(C#N)=C1\CC2CC1C(C)C2(C)C. The van der Waals surface area contributed by atoms with Crippen LogP contribution in [0.15, 0.2) is 11.1 Å². The van der Waals surface area contributed by atoms with Gasteiger partial charge < -0.3 is 4.74 Å². The van der Waals surface area contributed by atoms with Gasteiger partial charge in [0.15, 0.2) is 0 Å². The molecule has 2 rings (SSSR count). The van der Waals surface area contributed by atoms with E-state index < -0.39 is 5.97 Å². The van der Waals surface area contributed by atoms with Crippen LogP contribution in [0, 0.1) is 34.5 Å². The lowest BCUT2D eigenvalue weighted by Crippen LogP contribution is -2.30. The zero-order valence-corrected chi connectivity index (χ0v) is 11.6. The topological polar surface area (TPSA) is 50.1 Å². The molecule has 0 saturated heterocycles. The van der Waals surface area contributed by atoms with E-state index >= 15 is 0 Å². The highest BCUT2D eigenvalue weighted by atomic mass is 16.5. The van der Waals surface area contributed by atoms with Gasteiger partial charge in [-0.15, -0.1) is 0 Å². The highest BCUT2D eigenvalue weighted by Gasteiger charge is 2.53. The summed E-state index contributed by atoms with van der Waals surface area (Å²) in [5, 5.41) is 9.22. The number of carbonyl (C=O) groups excluding carboxylic acids is 1. The van der Waals surface area contributed by atoms with E-state index in [1.807, 2.05) is 0 Å². The van der Waals surface area contributed by atoms with Crippen LogP contribution in [0.4, 0.5) is 0 Å². The van der Waals surface area contributed by atoms with Gasteiger partial charge in [0, 0.05) is 0 Å². The Labute approximate surface area is 109 Å². The number of carbonyl (C=O) groups is 1. The van der Waals surface area contributed by atoms with Crippen LogP contribution in [0.3, 0.4) is 0 Å². The van der Waals surface area contributed by atoms with Crippen molar-refractivity contribution >= 4 is 5.97 Å². The van der Waals surface area contributed by atoms with Gasteiger partial charge in [-0.2, -0.15) is 5.26 Å². The molecule has 0 aromatic carbocycles. The molecule has 2 bridgehead atoms. The minimum atomic E-state index is -0.437. The smallest absolute Gasteiger partial charge is 0.348 e. The van der Waals surface area contributed by atoms with Crippen molar-refractivity contribution in [2.45, 2.75) is 40.5 Å². The van der Waals surface area contributed by atoms with Crippen LogP contribution in [-0.4, -0.2) is 12.6 Å². The van der Waals surface area contributed by atoms with E-state index in [0.29, 0.717) is 29.8 Å². The molecule has 3 nitrogen and oxygen atoms in total. The lowest BCUT2D eigenvalue weighted by Gasteiger charge is -2.37. The molecule has 0 aromatic rings. The number of fused-ring (bicyclic) bond motifs is 2. The van der Waals surface area contributed by atoms with Crippen LogP contribution in [0.5, 0.6) is 0 Å². The van der Waals surface area contributed by atoms with Gasteiger partial charge in [-0.3, -0.25) is 0 Å². The van der Waals surface area contributed by atoms with Crippen molar-refractivity contribution in [2.75, 3.05) is 6.61 Å². The second-order valence-corrected chi connectivity index (χ2v) is 6.09. The molecule has 98 valence electrons. The Balaban J connectivity index is 2.32. The molecule has 2 aliphatic rings. The molecular formula is C15H21NO2. The van der Waals surface area contributed by atoms with Gasteiger partial charge in [-0.1, -0.05) is 20.8 Å². The van der Waals surface area contributed by atoms with Crippen LogP contribution in [-0.2, 0) is 9.53 Å². The summed E-state index contributed by atoms with van der Waals surface area (Å²) in [6.45, 7) is 8.94. The van der Waals surface area contributed by atoms with E-state index in [4.69, 9.17) is 4.74 Å². The second-order valence-electron chi connectivity index (χ2n) is 6.09. The Morgan fingerprint density at radius 1 is 1.56 bits per heavy atom. The first kappa shape index (κ1) is 13.1. The summed E-state index contributed by atoms with van der Waals surface area (Å²) in [6, 6.07) is 2.07. The summed E-state index contributed by atoms with van der Waals surface area (Å²) in [6.07, 6.45) is 2.01. The van der Waals surface area contributed by atoms with Crippen LogP contribution in [0.1, 0.15) is 40.5 Å². The first-order valence-corrected chi connectivity index (χ1v) is 6.73. The Morgan fingerprint density at radius 2 is 2.22 bits per heavy atom. The van der Waals surface area contributed by atoms with Crippen LogP contribution in [0.25, 0.3) is 0 Å². The zero-order valence-electron chi connectivity index (χ0n) is 11.6. The Bertz CT molecular complexity index is 438. The highest BCUT2D eigenvalue weighted by molar-refractivity contribution is 5.94. The highest BCUT2D eigenvalue weighted by Crippen LogP contribution is 2.61. The van der Waals surface area contributed by atoms with Crippen molar-refractivity contribution in [3.63, 3.8) is 0 Å². The van der Waals surface area contributed by atoms with Crippen molar-refractivity contribution in [1.82, 2.24) is 0 Å². The van der Waals surface area contributed by atoms with Gasteiger partial charge in [0.2, 0.25) is 0 Å². The van der Waals surface area contributed by atoms with Gasteiger partial charge >= 0.3 is 5.97 Å². The first-order chi connectivity index (χ1) is 8.43. The first-order valence-electron chi connectivity index (χ1n) is 6.73. The average Bonchev–Trinajstić information content (AvgIpc) is 2.81. The Morgan fingerprint density at radius 3 is 2.67 bits per heavy atom. The fourth-order valence-electron chi connectivity index (χ4n) is 3.65. The third-order valence-corrected chi connectivity index (χ3v) is 5.19. The molecule has 0 heterocycles. The van der Waals surface area contributed by atoms with E-state index in [9.17, 15) is 10.1 Å². The number of hydrogen-bond acceptors (Lipinski definition) is 3. The molecule has 0 N–H and O–H groups in total. The minimum absolute atomic E-state index is 0.270. The molecular weight excluding hydrogens is 226 g/mol. The van der Waals surface area contributed by atoms with E-state index in [1.165, 1.54) is 0 Å². The molecule has 0 radical (unpaired) electrons. The standard InChI is InChI=1S/C15H21NO2/c1-5-18-14(17)13(8-16)12-7-10-6-11(12)9(2)15(10,3)4/h9-11H,5-7H2,1-4H3/b13-12+. The summed E-state index contributed by atoms with van der Waals surface area (Å²) in [5.41, 5.74) is 1.64. The number of rotatable bonds is 2. The van der Waals surface area contributed by atoms with Gasteiger partial charge in [0.1, 0.15) is 11.6 Å². The lowest BCUT2D eigenvalue weighted by molar-refractivity contribution is -0.138. The molecule has 0 amide bonds. The molecule has 2 fully saturated rings. The molecule has 3 atom stereocenters. The van der Waals surface area contributed by atoms with E-state index in [0.717, 1.165) is 18.4 Å². The van der Waals surface area contributed by atoms with E-state index in [1.54, 1.807) is 6.92 Å². The van der Waals surface area contributed by atoms with Crippen LogP contribution >= 0.6 is 0 Å². The molecule has 2 aliphatic carbocycles. The molecule has 0 aromatic heterocycles. The number of esters is 1. The number of allylic oxidation sites excluding steroid dienone is 1. The van der Waals surface area contributed by atoms with E-state index in [-0.39, 0.29) is 5.57 Å². The third-order valence-electron chi connectivity index (χ3n) is 5.19. The largest absolute Gasteiger partial charge is 0.462 e. The quantitative estimate of drug-likeness (QED) is 0.428. The van der Waals surface area contributed by atoms with Gasteiger partial charge in [-0.05, 0) is 48.5 Å². The third kappa shape index (κ3) is 1.75. The van der Waals surface area contributed by atoms with Gasteiger partial charge in [-0.25, -0.2) is 4.79 Å². The number of nitriles is 1. The van der Waals surface area contributed by atoms with Crippen molar-refractivity contribution in [2.24, 2.45) is 23.2 Å². The van der Waals surface area contributed by atoms with Crippen molar-refractivity contribution in [1.29, 1.82) is 5.26 Å². The number of nitrogens with zero attached hydrogens (tertiary/aromatic N) is 1.